The number of fused-ring (bicyclic) bond motifs is 1. The van der Waals surface area contributed by atoms with Crippen LogP contribution in [-0.4, -0.2) is 55.6 Å². The molecule has 0 aliphatic carbocycles. The smallest absolute Gasteiger partial charge is 0.295 e. The van der Waals surface area contributed by atoms with Crippen LogP contribution in [0.4, 0.5) is 8.78 Å². The van der Waals surface area contributed by atoms with Gasteiger partial charge in [-0.3, -0.25) is 14.3 Å². The van der Waals surface area contributed by atoms with Crippen molar-refractivity contribution in [1.82, 2.24) is 30.0 Å². The molecule has 1 aliphatic rings. The average Bonchev–Trinajstić information content (AvgIpc) is 3.33. The molecule has 0 radical (unpaired) electrons. The van der Waals surface area contributed by atoms with Crippen LogP contribution in [0.5, 0.6) is 0 Å². The number of hydrogen-bond donors (Lipinski definition) is 2. The Morgan fingerprint density at radius 3 is 2.66 bits per heavy atom. The summed E-state index contributed by atoms with van der Waals surface area (Å²) < 4.78 is 27.1. The van der Waals surface area contributed by atoms with E-state index in [9.17, 15) is 18.4 Å². The Morgan fingerprint density at radius 2 is 2.00 bits per heavy atom. The van der Waals surface area contributed by atoms with Crippen molar-refractivity contribution in [2.75, 3.05) is 13.1 Å². The van der Waals surface area contributed by atoms with Crippen LogP contribution in [0.15, 0.2) is 30.6 Å². The zero-order valence-corrected chi connectivity index (χ0v) is 15.7. The van der Waals surface area contributed by atoms with E-state index in [-0.39, 0.29) is 17.9 Å². The quantitative estimate of drug-likeness (QED) is 0.700. The first-order chi connectivity index (χ1) is 13.9. The zero-order valence-electron chi connectivity index (χ0n) is 15.7. The van der Waals surface area contributed by atoms with E-state index in [0.717, 1.165) is 0 Å². The highest BCUT2D eigenvalue weighted by molar-refractivity contribution is 5.97. The number of amides is 2. The molecule has 0 bridgehead atoms. The van der Waals surface area contributed by atoms with Crippen molar-refractivity contribution in [2.24, 2.45) is 7.05 Å². The van der Waals surface area contributed by atoms with Gasteiger partial charge in [-0.1, -0.05) is 0 Å². The molecule has 8 nitrogen and oxygen atoms in total. The number of H-pyrrole nitrogens is 1. The first-order valence-electron chi connectivity index (χ1n) is 9.27. The number of piperidine rings is 1. The number of carbonyl (C=O) groups is 2. The fraction of sp³-hybridized carbons (Fsp3) is 0.368. The highest BCUT2D eigenvalue weighted by Crippen LogP contribution is 2.22. The van der Waals surface area contributed by atoms with E-state index >= 15 is 0 Å². The molecule has 1 aliphatic heterocycles. The lowest BCUT2D eigenvalue weighted by atomic mass is 10.0. The van der Waals surface area contributed by atoms with Crippen LogP contribution in [0.25, 0.3) is 11.0 Å². The monoisotopic (exact) mass is 402 g/mol. The Bertz CT molecular complexity index is 1050. The van der Waals surface area contributed by atoms with Crippen LogP contribution >= 0.6 is 0 Å². The van der Waals surface area contributed by atoms with Gasteiger partial charge in [0.1, 0.15) is 0 Å². The number of aromatic amines is 1. The van der Waals surface area contributed by atoms with Crippen molar-refractivity contribution < 1.29 is 18.4 Å². The molecule has 29 heavy (non-hydrogen) atoms. The third-order valence-electron chi connectivity index (χ3n) is 5.04. The zero-order chi connectivity index (χ0) is 20.5. The lowest BCUT2D eigenvalue weighted by Gasteiger charge is -2.32. The summed E-state index contributed by atoms with van der Waals surface area (Å²) in [5, 5.41) is 6.96. The summed E-state index contributed by atoms with van der Waals surface area (Å²) in [6.07, 6.45) is 1.75. The van der Waals surface area contributed by atoms with Crippen molar-refractivity contribution in [3.05, 3.63) is 47.5 Å². The number of benzene rings is 1. The molecule has 2 N–H and O–H groups in total. The molecule has 2 amide bonds. The van der Waals surface area contributed by atoms with Crippen molar-refractivity contribution in [3.63, 3.8) is 0 Å². The lowest BCUT2D eigenvalue weighted by molar-refractivity contribution is 0.0698. The van der Waals surface area contributed by atoms with Crippen LogP contribution in [0.2, 0.25) is 0 Å². The van der Waals surface area contributed by atoms with Crippen LogP contribution in [-0.2, 0) is 7.05 Å². The summed E-state index contributed by atoms with van der Waals surface area (Å²) in [4.78, 5) is 33.1. The second-order valence-corrected chi connectivity index (χ2v) is 7.10. The number of aromatic nitrogens is 4. The van der Waals surface area contributed by atoms with E-state index in [1.165, 1.54) is 6.20 Å². The molecular formula is C19H20F2N6O2. The summed E-state index contributed by atoms with van der Waals surface area (Å²) in [6.45, 7) is 1.00. The van der Waals surface area contributed by atoms with Gasteiger partial charge in [0, 0.05) is 37.9 Å². The maximum absolute atomic E-state index is 12.8. The number of imidazole rings is 1. The maximum atomic E-state index is 12.8. The molecule has 0 atom stereocenters. The number of alkyl halides is 2. The predicted molar refractivity (Wildman–Crippen MR) is 101 cm³/mol. The van der Waals surface area contributed by atoms with Gasteiger partial charge < -0.3 is 15.2 Å². The van der Waals surface area contributed by atoms with Crippen molar-refractivity contribution >= 4 is 22.8 Å². The van der Waals surface area contributed by atoms with E-state index in [2.05, 4.69) is 20.4 Å². The lowest BCUT2D eigenvalue weighted by Crippen LogP contribution is -2.46. The number of rotatable bonds is 4. The summed E-state index contributed by atoms with van der Waals surface area (Å²) in [6, 6.07) is 4.69. The summed E-state index contributed by atoms with van der Waals surface area (Å²) in [5.41, 5.74) is 1.72. The van der Waals surface area contributed by atoms with E-state index < -0.39 is 12.2 Å². The fourth-order valence-corrected chi connectivity index (χ4v) is 3.48. The van der Waals surface area contributed by atoms with Gasteiger partial charge in [0.2, 0.25) is 0 Å². The van der Waals surface area contributed by atoms with Crippen molar-refractivity contribution in [2.45, 2.75) is 25.3 Å². The Labute approximate surface area is 164 Å². The molecule has 3 heterocycles. The van der Waals surface area contributed by atoms with E-state index in [1.807, 2.05) is 0 Å². The average molecular weight is 402 g/mol. The molecule has 1 saturated heterocycles. The minimum absolute atomic E-state index is 0.0181. The largest absolute Gasteiger partial charge is 0.349 e. The molecular weight excluding hydrogens is 382 g/mol. The summed E-state index contributed by atoms with van der Waals surface area (Å²) >= 11 is 0. The summed E-state index contributed by atoms with van der Waals surface area (Å²) in [7, 11) is 1.75. The topological polar surface area (TPSA) is 95.9 Å². The highest BCUT2D eigenvalue weighted by Gasteiger charge is 2.25. The number of carbonyl (C=O) groups excluding carboxylic acids is 2. The molecule has 152 valence electrons. The molecule has 0 spiro atoms. The van der Waals surface area contributed by atoms with Gasteiger partial charge >= 0.3 is 0 Å². The van der Waals surface area contributed by atoms with Gasteiger partial charge in [-0.15, -0.1) is 0 Å². The van der Waals surface area contributed by atoms with E-state index in [0.29, 0.717) is 48.1 Å². The standard InChI is InChI=1S/C19H20F2N6O2/c1-26-10-12(9-22-26)18(28)23-13-4-6-27(7-5-13)19(29)11-2-3-14-15(8-11)25-17(24-14)16(20)21/h2-3,8-10,13,16H,4-7H2,1H3,(H,23,28)(H,24,25). The predicted octanol–water partition coefficient (Wildman–Crippen LogP) is 2.27. The normalized spacial score (nSPS) is 15.2. The van der Waals surface area contributed by atoms with Crippen LogP contribution < -0.4 is 5.32 Å². The second kappa shape index (κ2) is 7.61. The molecule has 0 unspecified atom stereocenters. The maximum Gasteiger partial charge on any atom is 0.295 e. The molecule has 4 rings (SSSR count). The molecule has 2 aromatic heterocycles. The number of halogens is 2. The van der Waals surface area contributed by atoms with E-state index in [4.69, 9.17) is 0 Å². The number of likely N-dealkylation sites (tertiary alicyclic amines) is 1. The number of nitrogens with zero attached hydrogens (tertiary/aromatic N) is 4. The minimum atomic E-state index is -2.69. The number of hydrogen-bond acceptors (Lipinski definition) is 4. The van der Waals surface area contributed by atoms with Crippen molar-refractivity contribution in [1.29, 1.82) is 0 Å². The molecule has 3 aromatic rings. The summed E-state index contributed by atoms with van der Waals surface area (Å²) in [5.74, 6) is -0.755. The number of nitrogens with one attached hydrogen (secondary N) is 2. The Hall–Kier alpha value is -3.30. The molecule has 10 heteroatoms. The first-order valence-corrected chi connectivity index (χ1v) is 9.27. The van der Waals surface area contributed by atoms with Crippen LogP contribution in [0, 0.1) is 0 Å². The van der Waals surface area contributed by atoms with Gasteiger partial charge in [-0.2, -0.15) is 5.10 Å². The fourth-order valence-electron chi connectivity index (χ4n) is 3.48. The van der Waals surface area contributed by atoms with Crippen molar-refractivity contribution in [3.8, 4) is 0 Å². The third-order valence-corrected chi connectivity index (χ3v) is 5.04. The van der Waals surface area contributed by atoms with Gasteiger partial charge in [0.15, 0.2) is 5.82 Å². The minimum Gasteiger partial charge on any atom is -0.349 e. The Kier molecular flexibility index (Phi) is 4.99. The highest BCUT2D eigenvalue weighted by atomic mass is 19.3. The third kappa shape index (κ3) is 3.96. The van der Waals surface area contributed by atoms with Gasteiger partial charge in [-0.05, 0) is 31.0 Å². The van der Waals surface area contributed by atoms with Crippen LogP contribution in [0.1, 0.15) is 45.8 Å². The molecule has 1 aromatic carbocycles. The Balaban J connectivity index is 1.37. The van der Waals surface area contributed by atoms with Gasteiger partial charge in [0.25, 0.3) is 18.2 Å². The molecule has 1 fully saturated rings. The Morgan fingerprint density at radius 1 is 1.24 bits per heavy atom. The second-order valence-electron chi connectivity index (χ2n) is 7.10. The van der Waals surface area contributed by atoms with Crippen LogP contribution in [0.3, 0.4) is 0 Å². The molecule has 0 saturated carbocycles. The first kappa shape index (κ1) is 19.0. The van der Waals surface area contributed by atoms with Gasteiger partial charge in [0.05, 0.1) is 22.8 Å². The van der Waals surface area contributed by atoms with E-state index in [1.54, 1.807) is 41.0 Å². The van der Waals surface area contributed by atoms with Gasteiger partial charge in [-0.25, -0.2) is 13.8 Å². The SMILES string of the molecule is Cn1cc(C(=O)NC2CCN(C(=O)c3ccc4nc(C(F)F)[nH]c4c3)CC2)cn1. The number of aryl methyl sites for hydroxylation is 1.